The lowest BCUT2D eigenvalue weighted by Gasteiger charge is -2.06. The van der Waals surface area contributed by atoms with Crippen LogP contribution in [0, 0.1) is 6.92 Å². The lowest BCUT2D eigenvalue weighted by atomic mass is 10.2. The number of rotatable bonds is 4. The number of hydrogen-bond acceptors (Lipinski definition) is 3. The summed E-state index contributed by atoms with van der Waals surface area (Å²) >= 11 is 0. The van der Waals surface area contributed by atoms with Gasteiger partial charge in [-0.15, -0.1) is 0 Å². The molecule has 0 aliphatic heterocycles. The molecule has 0 fully saturated rings. The van der Waals surface area contributed by atoms with Crippen molar-refractivity contribution in [1.29, 1.82) is 0 Å². The van der Waals surface area contributed by atoms with Gasteiger partial charge in [-0.25, -0.2) is 13.1 Å². The van der Waals surface area contributed by atoms with Gasteiger partial charge in [0.2, 0.25) is 10.0 Å². The number of hydrogen-bond donors (Lipinski definition) is 2. The maximum Gasteiger partial charge on any atom is 0.240 e. The van der Waals surface area contributed by atoms with E-state index in [0.717, 1.165) is 6.42 Å². The average molecular weight is 229 g/mol. The number of nitrogens with one attached hydrogen (secondary N) is 1. The summed E-state index contributed by atoms with van der Waals surface area (Å²) in [6, 6.07) is 4.28. The van der Waals surface area contributed by atoms with Crippen LogP contribution >= 0.6 is 0 Å². The standard InChI is InChI=1S/C10H15NO3S/c1-3-4-11-15(13,14)10-6-8(2)5-9(12)7-10/h5-7,11-12H,3-4H2,1-2H3. The number of aryl methyl sites for hydroxylation is 1. The van der Waals surface area contributed by atoms with E-state index in [4.69, 9.17) is 0 Å². The molecule has 0 amide bonds. The minimum atomic E-state index is -3.48. The van der Waals surface area contributed by atoms with E-state index in [-0.39, 0.29) is 10.6 Å². The Hall–Kier alpha value is -1.07. The molecule has 4 nitrogen and oxygen atoms in total. The van der Waals surface area contributed by atoms with Crippen LogP contribution in [0.4, 0.5) is 0 Å². The van der Waals surface area contributed by atoms with E-state index in [1.807, 2.05) is 6.92 Å². The zero-order valence-corrected chi connectivity index (χ0v) is 9.63. The highest BCUT2D eigenvalue weighted by molar-refractivity contribution is 7.89. The minimum absolute atomic E-state index is 0.0353. The fraction of sp³-hybridized carbons (Fsp3) is 0.400. The maximum atomic E-state index is 11.7. The summed E-state index contributed by atoms with van der Waals surface area (Å²) in [6.07, 6.45) is 0.733. The fourth-order valence-corrected chi connectivity index (χ4v) is 2.46. The SMILES string of the molecule is CCCNS(=O)(=O)c1cc(C)cc(O)c1. The summed E-state index contributed by atoms with van der Waals surface area (Å²) in [5, 5.41) is 9.29. The van der Waals surface area contributed by atoms with E-state index in [2.05, 4.69) is 4.72 Å². The van der Waals surface area contributed by atoms with Crippen LogP contribution in [-0.4, -0.2) is 20.1 Å². The highest BCUT2D eigenvalue weighted by Gasteiger charge is 2.13. The molecule has 1 rings (SSSR count). The van der Waals surface area contributed by atoms with E-state index in [0.29, 0.717) is 12.1 Å². The van der Waals surface area contributed by atoms with Crippen molar-refractivity contribution in [3.63, 3.8) is 0 Å². The van der Waals surface area contributed by atoms with Crippen molar-refractivity contribution in [3.05, 3.63) is 23.8 Å². The normalized spacial score (nSPS) is 11.6. The average Bonchev–Trinajstić information content (AvgIpc) is 2.13. The fourth-order valence-electron chi connectivity index (χ4n) is 1.20. The molecule has 0 spiro atoms. The molecule has 0 saturated heterocycles. The van der Waals surface area contributed by atoms with Crippen molar-refractivity contribution in [3.8, 4) is 5.75 Å². The molecule has 0 radical (unpaired) electrons. The smallest absolute Gasteiger partial charge is 0.240 e. The lowest BCUT2D eigenvalue weighted by molar-refractivity contribution is 0.472. The zero-order valence-electron chi connectivity index (χ0n) is 8.82. The molecule has 1 aromatic rings. The second-order valence-corrected chi connectivity index (χ2v) is 5.17. The van der Waals surface area contributed by atoms with Crippen molar-refractivity contribution in [2.75, 3.05) is 6.54 Å². The summed E-state index contributed by atoms with van der Waals surface area (Å²) in [4.78, 5) is 0.105. The van der Waals surface area contributed by atoms with E-state index >= 15 is 0 Å². The highest BCUT2D eigenvalue weighted by atomic mass is 32.2. The van der Waals surface area contributed by atoms with E-state index in [1.165, 1.54) is 18.2 Å². The van der Waals surface area contributed by atoms with Crippen molar-refractivity contribution < 1.29 is 13.5 Å². The maximum absolute atomic E-state index is 11.7. The molecule has 0 atom stereocenters. The summed E-state index contributed by atoms with van der Waals surface area (Å²) in [5.74, 6) is -0.0353. The monoisotopic (exact) mass is 229 g/mol. The van der Waals surface area contributed by atoms with Crippen LogP contribution in [0.1, 0.15) is 18.9 Å². The van der Waals surface area contributed by atoms with Crippen LogP contribution in [0.15, 0.2) is 23.1 Å². The van der Waals surface area contributed by atoms with Crippen molar-refractivity contribution >= 4 is 10.0 Å². The molecule has 0 saturated carbocycles. The Labute approximate surface area is 90.0 Å². The zero-order chi connectivity index (χ0) is 11.5. The van der Waals surface area contributed by atoms with Gasteiger partial charge < -0.3 is 5.11 Å². The van der Waals surface area contributed by atoms with E-state index in [9.17, 15) is 13.5 Å². The molecule has 0 heterocycles. The second kappa shape index (κ2) is 4.63. The van der Waals surface area contributed by atoms with Gasteiger partial charge in [-0.05, 0) is 37.1 Å². The third-order valence-corrected chi connectivity index (χ3v) is 3.33. The van der Waals surface area contributed by atoms with Crippen molar-refractivity contribution in [2.24, 2.45) is 0 Å². The molecule has 0 bridgehead atoms. The number of phenolic OH excluding ortho intramolecular Hbond substituents is 1. The Balaban J connectivity index is 3.04. The first-order valence-electron chi connectivity index (χ1n) is 4.76. The van der Waals surface area contributed by atoms with Gasteiger partial charge in [0, 0.05) is 6.54 Å². The first-order valence-corrected chi connectivity index (χ1v) is 6.24. The largest absolute Gasteiger partial charge is 0.508 e. The van der Waals surface area contributed by atoms with Gasteiger partial charge in [0.25, 0.3) is 0 Å². The number of benzene rings is 1. The van der Waals surface area contributed by atoms with Gasteiger partial charge in [-0.1, -0.05) is 6.92 Å². The Morgan fingerprint density at radius 3 is 2.53 bits per heavy atom. The van der Waals surface area contributed by atoms with Crippen LogP contribution < -0.4 is 4.72 Å². The quantitative estimate of drug-likeness (QED) is 0.820. The first kappa shape index (κ1) is 12.0. The van der Waals surface area contributed by atoms with Gasteiger partial charge in [0.1, 0.15) is 5.75 Å². The third-order valence-electron chi connectivity index (χ3n) is 1.89. The second-order valence-electron chi connectivity index (χ2n) is 3.40. The first-order chi connectivity index (χ1) is 6.95. The van der Waals surface area contributed by atoms with Crippen molar-refractivity contribution in [1.82, 2.24) is 4.72 Å². The Kier molecular flexibility index (Phi) is 3.71. The van der Waals surface area contributed by atoms with E-state index < -0.39 is 10.0 Å². The molecule has 1 aromatic carbocycles. The number of sulfonamides is 1. The molecular formula is C10H15NO3S. The Morgan fingerprint density at radius 2 is 2.00 bits per heavy atom. The number of aromatic hydroxyl groups is 1. The molecule has 0 aliphatic carbocycles. The van der Waals surface area contributed by atoms with Crippen LogP contribution in [-0.2, 0) is 10.0 Å². The molecule has 2 N–H and O–H groups in total. The molecule has 15 heavy (non-hydrogen) atoms. The van der Waals surface area contributed by atoms with Crippen LogP contribution in [0.5, 0.6) is 5.75 Å². The van der Waals surface area contributed by atoms with Gasteiger partial charge in [0.15, 0.2) is 0 Å². The third kappa shape index (κ3) is 3.21. The molecule has 0 aliphatic rings. The van der Waals surface area contributed by atoms with Crippen LogP contribution in [0.3, 0.4) is 0 Å². The van der Waals surface area contributed by atoms with Gasteiger partial charge in [0.05, 0.1) is 4.90 Å². The van der Waals surface area contributed by atoms with Gasteiger partial charge in [-0.2, -0.15) is 0 Å². The molecular weight excluding hydrogens is 214 g/mol. The predicted molar refractivity (Wildman–Crippen MR) is 58.3 cm³/mol. The summed E-state index contributed by atoms with van der Waals surface area (Å²) in [6.45, 7) is 4.02. The Bertz CT molecular complexity index is 420. The van der Waals surface area contributed by atoms with Crippen LogP contribution in [0.25, 0.3) is 0 Å². The topological polar surface area (TPSA) is 66.4 Å². The lowest BCUT2D eigenvalue weighted by Crippen LogP contribution is -2.24. The van der Waals surface area contributed by atoms with Crippen LogP contribution in [0.2, 0.25) is 0 Å². The predicted octanol–water partition coefficient (Wildman–Crippen LogP) is 1.39. The van der Waals surface area contributed by atoms with Gasteiger partial charge in [-0.3, -0.25) is 0 Å². The van der Waals surface area contributed by atoms with E-state index in [1.54, 1.807) is 6.92 Å². The molecule has 84 valence electrons. The highest BCUT2D eigenvalue weighted by Crippen LogP contribution is 2.18. The number of phenols is 1. The summed E-state index contributed by atoms with van der Waals surface area (Å²) < 4.78 is 25.8. The molecule has 0 aromatic heterocycles. The molecule has 0 unspecified atom stereocenters. The molecule has 5 heteroatoms. The Morgan fingerprint density at radius 1 is 1.33 bits per heavy atom. The van der Waals surface area contributed by atoms with Crippen molar-refractivity contribution in [2.45, 2.75) is 25.2 Å². The summed E-state index contributed by atoms with van der Waals surface area (Å²) in [7, 11) is -3.48. The summed E-state index contributed by atoms with van der Waals surface area (Å²) in [5.41, 5.74) is 0.715. The van der Waals surface area contributed by atoms with Gasteiger partial charge >= 0.3 is 0 Å². The minimum Gasteiger partial charge on any atom is -0.508 e.